The van der Waals surface area contributed by atoms with Crippen LogP contribution in [-0.4, -0.2) is 46.4 Å². The maximum Gasteiger partial charge on any atom is 0.261 e. The number of carbonyl (C=O) groups excluding carboxylic acids is 2. The average Bonchev–Trinajstić information content (AvgIpc) is 2.93. The van der Waals surface area contributed by atoms with Crippen molar-refractivity contribution in [3.8, 4) is 0 Å². The molecular weight excluding hydrogens is 488 g/mol. The van der Waals surface area contributed by atoms with Gasteiger partial charge >= 0.3 is 0 Å². The van der Waals surface area contributed by atoms with Crippen LogP contribution in [0.15, 0.2) is 83.8 Å². The molecule has 4 N–H and O–H groups in total. The molecule has 1 aliphatic rings. The van der Waals surface area contributed by atoms with Crippen LogP contribution in [0.5, 0.6) is 0 Å². The van der Waals surface area contributed by atoms with Gasteiger partial charge in [-0.25, -0.2) is 8.42 Å². The van der Waals surface area contributed by atoms with Gasteiger partial charge in [0.25, 0.3) is 15.9 Å². The number of sulfonamides is 1. The topological polar surface area (TPSA) is 116 Å². The molecular formula is C28H32N4O4S. The van der Waals surface area contributed by atoms with Crippen molar-refractivity contribution in [1.82, 2.24) is 16.0 Å². The Kier molecular flexibility index (Phi) is 8.92. The van der Waals surface area contributed by atoms with Crippen LogP contribution < -0.4 is 20.7 Å². The van der Waals surface area contributed by atoms with Gasteiger partial charge in [-0.3, -0.25) is 14.3 Å². The van der Waals surface area contributed by atoms with E-state index < -0.39 is 15.9 Å². The van der Waals surface area contributed by atoms with Crippen molar-refractivity contribution in [3.63, 3.8) is 0 Å². The van der Waals surface area contributed by atoms with Crippen LogP contribution in [0, 0.1) is 5.92 Å². The minimum atomic E-state index is -3.86. The van der Waals surface area contributed by atoms with Crippen LogP contribution in [0.3, 0.4) is 0 Å². The molecule has 1 aliphatic heterocycles. The van der Waals surface area contributed by atoms with Gasteiger partial charge in [-0.2, -0.15) is 0 Å². The van der Waals surface area contributed by atoms with Gasteiger partial charge in [0.05, 0.1) is 17.1 Å². The summed E-state index contributed by atoms with van der Waals surface area (Å²) in [6, 6.07) is 22.7. The largest absolute Gasteiger partial charge is 0.354 e. The number of hydrogen-bond donors (Lipinski definition) is 4. The molecule has 3 aromatic carbocycles. The minimum Gasteiger partial charge on any atom is -0.354 e. The van der Waals surface area contributed by atoms with E-state index in [2.05, 4.69) is 20.7 Å². The zero-order valence-electron chi connectivity index (χ0n) is 20.6. The highest BCUT2D eigenvalue weighted by Crippen LogP contribution is 2.23. The standard InChI is InChI=1S/C28H32N4O4S/c33-27(30-19-22-14-16-29-17-15-22)20-31-28(34)23-10-12-25(13-11-23)37(35,36)32-26-9-5-4-8-24(26)18-21-6-2-1-3-7-21/h1-13,22,29,32H,14-20H2,(H,30,33)(H,31,34). The lowest BCUT2D eigenvalue weighted by atomic mass is 9.98. The Bertz CT molecular complexity index is 1310. The first kappa shape index (κ1) is 26.4. The Labute approximate surface area is 217 Å². The number of nitrogens with one attached hydrogen (secondary N) is 4. The van der Waals surface area contributed by atoms with E-state index in [-0.39, 0.29) is 22.9 Å². The van der Waals surface area contributed by atoms with Crippen LogP contribution in [0.4, 0.5) is 5.69 Å². The molecule has 0 spiro atoms. The quantitative estimate of drug-likeness (QED) is 0.328. The first-order valence-electron chi connectivity index (χ1n) is 12.4. The second kappa shape index (κ2) is 12.5. The molecule has 2 amide bonds. The van der Waals surface area contributed by atoms with Gasteiger partial charge in [-0.15, -0.1) is 0 Å². The zero-order valence-corrected chi connectivity index (χ0v) is 21.4. The molecule has 9 heteroatoms. The molecule has 0 unspecified atom stereocenters. The van der Waals surface area contributed by atoms with Crippen LogP contribution in [0.25, 0.3) is 0 Å². The minimum absolute atomic E-state index is 0.0401. The number of anilines is 1. The van der Waals surface area contributed by atoms with Crippen molar-refractivity contribution in [2.45, 2.75) is 24.2 Å². The molecule has 0 atom stereocenters. The lowest BCUT2D eigenvalue weighted by Crippen LogP contribution is -2.40. The third-order valence-corrected chi connectivity index (χ3v) is 7.76. The lowest BCUT2D eigenvalue weighted by Gasteiger charge is -2.22. The molecule has 0 bridgehead atoms. The summed E-state index contributed by atoms with van der Waals surface area (Å²) in [6.45, 7) is 2.38. The first-order chi connectivity index (χ1) is 17.9. The van der Waals surface area contributed by atoms with E-state index >= 15 is 0 Å². The molecule has 8 nitrogen and oxygen atoms in total. The second-order valence-electron chi connectivity index (χ2n) is 9.13. The SMILES string of the molecule is O=C(CNC(=O)c1ccc(S(=O)(=O)Nc2ccccc2Cc2ccccc2)cc1)NCC1CCNCC1. The van der Waals surface area contributed by atoms with Gasteiger partial charge in [0.2, 0.25) is 5.91 Å². The smallest absolute Gasteiger partial charge is 0.261 e. The number of hydrogen-bond acceptors (Lipinski definition) is 5. The number of piperidine rings is 1. The first-order valence-corrected chi connectivity index (χ1v) is 13.9. The molecule has 0 radical (unpaired) electrons. The summed E-state index contributed by atoms with van der Waals surface area (Å²) in [5.74, 6) is -0.235. The number of benzene rings is 3. The van der Waals surface area contributed by atoms with Crippen LogP contribution in [-0.2, 0) is 21.2 Å². The number of para-hydroxylation sites is 1. The van der Waals surface area contributed by atoms with E-state index in [1.54, 1.807) is 12.1 Å². The molecule has 3 aromatic rings. The fourth-order valence-electron chi connectivity index (χ4n) is 4.25. The summed E-state index contributed by atoms with van der Waals surface area (Å²) in [5, 5.41) is 8.73. The monoisotopic (exact) mass is 520 g/mol. The highest BCUT2D eigenvalue weighted by atomic mass is 32.2. The summed E-state index contributed by atoms with van der Waals surface area (Å²) in [7, 11) is -3.86. The molecule has 194 valence electrons. The van der Waals surface area contributed by atoms with E-state index in [4.69, 9.17) is 0 Å². The molecule has 0 saturated carbocycles. The Morgan fingerprint density at radius 2 is 1.51 bits per heavy atom. The third kappa shape index (κ3) is 7.65. The Balaban J connectivity index is 1.33. The molecule has 0 aromatic heterocycles. The zero-order chi connectivity index (χ0) is 26.1. The van der Waals surface area contributed by atoms with E-state index in [0.717, 1.165) is 37.1 Å². The van der Waals surface area contributed by atoms with E-state index in [1.165, 1.54) is 24.3 Å². The fraction of sp³-hybridized carbons (Fsp3) is 0.286. The van der Waals surface area contributed by atoms with Crippen molar-refractivity contribution in [2.24, 2.45) is 5.92 Å². The summed E-state index contributed by atoms with van der Waals surface area (Å²) in [5.41, 5.74) is 2.70. The highest BCUT2D eigenvalue weighted by molar-refractivity contribution is 7.92. The predicted molar refractivity (Wildman–Crippen MR) is 144 cm³/mol. The number of rotatable bonds is 10. The van der Waals surface area contributed by atoms with Crippen molar-refractivity contribution in [3.05, 3.63) is 95.6 Å². The molecule has 37 heavy (non-hydrogen) atoms. The predicted octanol–water partition coefficient (Wildman–Crippen LogP) is 2.92. The molecule has 1 heterocycles. The van der Waals surface area contributed by atoms with Crippen molar-refractivity contribution < 1.29 is 18.0 Å². The van der Waals surface area contributed by atoms with Crippen molar-refractivity contribution in [2.75, 3.05) is 30.9 Å². The van der Waals surface area contributed by atoms with E-state index in [9.17, 15) is 18.0 Å². The summed E-state index contributed by atoms with van der Waals surface area (Å²) in [4.78, 5) is 24.6. The van der Waals surface area contributed by atoms with Crippen LogP contribution in [0.2, 0.25) is 0 Å². The normalized spacial score (nSPS) is 14.1. The van der Waals surface area contributed by atoms with E-state index in [0.29, 0.717) is 24.6 Å². The average molecular weight is 521 g/mol. The highest BCUT2D eigenvalue weighted by Gasteiger charge is 2.18. The Morgan fingerprint density at radius 1 is 0.838 bits per heavy atom. The van der Waals surface area contributed by atoms with Gasteiger partial charge in [0.15, 0.2) is 0 Å². The number of carbonyl (C=O) groups is 2. The maximum atomic E-state index is 13.0. The second-order valence-corrected chi connectivity index (χ2v) is 10.8. The summed E-state index contributed by atoms with van der Waals surface area (Å²) >= 11 is 0. The molecule has 1 saturated heterocycles. The van der Waals surface area contributed by atoms with Crippen LogP contribution in [0.1, 0.15) is 34.3 Å². The van der Waals surface area contributed by atoms with Gasteiger partial charge in [0, 0.05) is 12.1 Å². The third-order valence-electron chi connectivity index (χ3n) is 6.38. The fourth-order valence-corrected chi connectivity index (χ4v) is 5.35. The van der Waals surface area contributed by atoms with Gasteiger partial charge in [-0.05, 0) is 79.7 Å². The molecule has 4 rings (SSSR count). The molecule has 1 fully saturated rings. The molecule has 0 aliphatic carbocycles. The summed E-state index contributed by atoms with van der Waals surface area (Å²) in [6.07, 6.45) is 2.63. The lowest BCUT2D eigenvalue weighted by molar-refractivity contribution is -0.120. The van der Waals surface area contributed by atoms with Gasteiger partial charge in [0.1, 0.15) is 0 Å². The van der Waals surface area contributed by atoms with Crippen molar-refractivity contribution in [1.29, 1.82) is 0 Å². The van der Waals surface area contributed by atoms with E-state index in [1.807, 2.05) is 42.5 Å². The Morgan fingerprint density at radius 3 is 2.24 bits per heavy atom. The van der Waals surface area contributed by atoms with Gasteiger partial charge < -0.3 is 16.0 Å². The van der Waals surface area contributed by atoms with Crippen molar-refractivity contribution >= 4 is 27.5 Å². The summed E-state index contributed by atoms with van der Waals surface area (Å²) < 4.78 is 28.7. The van der Waals surface area contributed by atoms with Crippen LogP contribution >= 0.6 is 0 Å². The number of amides is 2. The Hall–Kier alpha value is -3.69. The maximum absolute atomic E-state index is 13.0. The van der Waals surface area contributed by atoms with Gasteiger partial charge in [-0.1, -0.05) is 48.5 Å².